The first-order chi connectivity index (χ1) is 8.99. The monoisotopic (exact) mass is 288 g/mol. The largest absolute Gasteiger partial charge is 0.271 e. The molecule has 0 bridgehead atoms. The van der Waals surface area contributed by atoms with E-state index in [0.29, 0.717) is 12.3 Å². The molecule has 3 N–H and O–H groups in total. The van der Waals surface area contributed by atoms with E-state index in [-0.39, 0.29) is 11.8 Å². The van der Waals surface area contributed by atoms with E-state index in [4.69, 9.17) is 5.84 Å². The highest BCUT2D eigenvalue weighted by Crippen LogP contribution is 2.43. The second-order valence-corrected chi connectivity index (χ2v) is 8.83. The number of hydrogen-bond acceptors (Lipinski definition) is 4. The van der Waals surface area contributed by atoms with E-state index >= 15 is 0 Å². The predicted octanol–water partition coefficient (Wildman–Crippen LogP) is 1.86. The van der Waals surface area contributed by atoms with Crippen LogP contribution in [0.1, 0.15) is 51.4 Å². The Labute approximate surface area is 117 Å². The van der Waals surface area contributed by atoms with Gasteiger partial charge in [-0.15, -0.1) is 0 Å². The van der Waals surface area contributed by atoms with E-state index in [2.05, 4.69) is 5.43 Å². The Morgan fingerprint density at radius 1 is 1.16 bits per heavy atom. The highest BCUT2D eigenvalue weighted by molar-refractivity contribution is 7.90. The van der Waals surface area contributed by atoms with E-state index in [1.807, 2.05) is 0 Å². The van der Waals surface area contributed by atoms with Crippen molar-refractivity contribution in [2.75, 3.05) is 12.0 Å². The molecule has 2 fully saturated rings. The summed E-state index contributed by atoms with van der Waals surface area (Å²) in [4.78, 5) is 0. The molecule has 2 aliphatic carbocycles. The van der Waals surface area contributed by atoms with Gasteiger partial charge in [0.05, 0.1) is 5.75 Å². The SMILES string of the molecule is CS(=O)(=O)CCC(NN)C1CCC2CCCCC2C1. The molecule has 2 saturated carbocycles. The van der Waals surface area contributed by atoms with Crippen molar-refractivity contribution in [3.63, 3.8) is 0 Å². The average molecular weight is 288 g/mol. The summed E-state index contributed by atoms with van der Waals surface area (Å²) >= 11 is 0. The molecule has 4 nitrogen and oxygen atoms in total. The average Bonchev–Trinajstić information content (AvgIpc) is 2.38. The molecule has 0 aromatic carbocycles. The first-order valence-electron chi connectivity index (χ1n) is 7.63. The van der Waals surface area contributed by atoms with Gasteiger partial charge in [0.25, 0.3) is 0 Å². The summed E-state index contributed by atoms with van der Waals surface area (Å²) in [5, 5.41) is 0. The molecule has 19 heavy (non-hydrogen) atoms. The minimum absolute atomic E-state index is 0.164. The van der Waals surface area contributed by atoms with E-state index in [1.54, 1.807) is 0 Å². The lowest BCUT2D eigenvalue weighted by molar-refractivity contribution is 0.108. The van der Waals surface area contributed by atoms with Crippen molar-refractivity contribution in [2.24, 2.45) is 23.6 Å². The minimum Gasteiger partial charge on any atom is -0.271 e. The Balaban J connectivity index is 1.88. The van der Waals surface area contributed by atoms with Crippen molar-refractivity contribution < 1.29 is 8.42 Å². The number of fused-ring (bicyclic) bond motifs is 1. The molecule has 112 valence electrons. The zero-order valence-electron chi connectivity index (χ0n) is 12.0. The van der Waals surface area contributed by atoms with E-state index in [0.717, 1.165) is 11.8 Å². The summed E-state index contributed by atoms with van der Waals surface area (Å²) in [7, 11) is -2.89. The summed E-state index contributed by atoms with van der Waals surface area (Å²) < 4.78 is 22.6. The summed E-state index contributed by atoms with van der Waals surface area (Å²) in [6, 6.07) is 0.164. The number of nitrogens with two attached hydrogens (primary N) is 1. The van der Waals surface area contributed by atoms with Crippen molar-refractivity contribution in [3.8, 4) is 0 Å². The number of rotatable bonds is 5. The molecular weight excluding hydrogens is 260 g/mol. The van der Waals surface area contributed by atoms with Gasteiger partial charge < -0.3 is 0 Å². The molecule has 0 amide bonds. The predicted molar refractivity (Wildman–Crippen MR) is 78.2 cm³/mol. The van der Waals surface area contributed by atoms with Gasteiger partial charge in [-0.25, -0.2) is 8.42 Å². The minimum atomic E-state index is -2.89. The molecule has 5 heteroatoms. The Hall–Kier alpha value is -0.130. The van der Waals surface area contributed by atoms with Crippen LogP contribution in [0.2, 0.25) is 0 Å². The molecular formula is C14H28N2O2S. The van der Waals surface area contributed by atoms with Gasteiger partial charge in [0.15, 0.2) is 0 Å². The number of hydrazine groups is 1. The van der Waals surface area contributed by atoms with Gasteiger partial charge in [0.1, 0.15) is 9.84 Å². The highest BCUT2D eigenvalue weighted by Gasteiger charge is 2.35. The molecule has 0 aromatic rings. The molecule has 0 saturated heterocycles. The Morgan fingerprint density at radius 2 is 1.84 bits per heavy atom. The Bertz CT molecular complexity index is 383. The Kier molecular flexibility index (Phi) is 5.26. The fourth-order valence-electron chi connectivity index (χ4n) is 4.07. The van der Waals surface area contributed by atoms with Crippen molar-refractivity contribution in [1.82, 2.24) is 5.43 Å². The van der Waals surface area contributed by atoms with Gasteiger partial charge in [-0.05, 0) is 43.4 Å². The van der Waals surface area contributed by atoms with Gasteiger partial charge in [-0.2, -0.15) is 0 Å². The number of nitrogens with one attached hydrogen (secondary N) is 1. The number of sulfone groups is 1. The van der Waals surface area contributed by atoms with Crippen LogP contribution >= 0.6 is 0 Å². The molecule has 0 radical (unpaired) electrons. The summed E-state index contributed by atoms with van der Waals surface area (Å²) in [6.07, 6.45) is 11.3. The third-order valence-corrected chi connectivity index (χ3v) is 6.14. The van der Waals surface area contributed by atoms with Gasteiger partial charge in [-0.3, -0.25) is 11.3 Å². The topological polar surface area (TPSA) is 72.2 Å². The van der Waals surface area contributed by atoms with Crippen molar-refractivity contribution in [3.05, 3.63) is 0 Å². The van der Waals surface area contributed by atoms with Crippen LogP contribution in [0, 0.1) is 17.8 Å². The van der Waals surface area contributed by atoms with Crippen LogP contribution in [-0.2, 0) is 9.84 Å². The van der Waals surface area contributed by atoms with Crippen LogP contribution < -0.4 is 11.3 Å². The lowest BCUT2D eigenvalue weighted by Gasteiger charge is -2.41. The van der Waals surface area contributed by atoms with Crippen LogP contribution in [0.4, 0.5) is 0 Å². The Morgan fingerprint density at radius 3 is 2.47 bits per heavy atom. The molecule has 0 spiro atoms. The standard InChI is InChI=1S/C14H28N2O2S/c1-19(17,18)9-8-14(16-15)13-7-6-11-4-2-3-5-12(11)10-13/h11-14,16H,2-10,15H2,1H3. The molecule has 0 aliphatic heterocycles. The fourth-order valence-corrected chi connectivity index (χ4v) is 4.75. The van der Waals surface area contributed by atoms with Gasteiger partial charge in [0, 0.05) is 12.3 Å². The van der Waals surface area contributed by atoms with Crippen molar-refractivity contribution in [1.29, 1.82) is 0 Å². The summed E-state index contributed by atoms with van der Waals surface area (Å²) in [5.41, 5.74) is 2.88. The first kappa shape index (κ1) is 15.3. The second kappa shape index (κ2) is 6.55. The third-order valence-electron chi connectivity index (χ3n) is 5.16. The van der Waals surface area contributed by atoms with E-state index in [1.165, 1.54) is 51.2 Å². The maximum atomic E-state index is 11.3. The second-order valence-electron chi connectivity index (χ2n) is 6.57. The molecule has 0 heterocycles. The first-order valence-corrected chi connectivity index (χ1v) is 9.69. The quantitative estimate of drug-likeness (QED) is 0.598. The van der Waals surface area contributed by atoms with Crippen LogP contribution in [0.25, 0.3) is 0 Å². The van der Waals surface area contributed by atoms with Gasteiger partial charge >= 0.3 is 0 Å². The normalized spacial score (nSPS) is 33.7. The van der Waals surface area contributed by atoms with Crippen LogP contribution in [-0.4, -0.2) is 26.5 Å². The van der Waals surface area contributed by atoms with E-state index in [9.17, 15) is 8.42 Å². The fraction of sp³-hybridized carbons (Fsp3) is 1.00. The van der Waals surface area contributed by atoms with Gasteiger partial charge in [0.2, 0.25) is 0 Å². The smallest absolute Gasteiger partial charge is 0.147 e. The van der Waals surface area contributed by atoms with Crippen LogP contribution in [0.3, 0.4) is 0 Å². The molecule has 2 rings (SSSR count). The van der Waals surface area contributed by atoms with Crippen LogP contribution in [0.5, 0.6) is 0 Å². The van der Waals surface area contributed by atoms with Crippen molar-refractivity contribution >= 4 is 9.84 Å². The zero-order chi connectivity index (χ0) is 13.9. The van der Waals surface area contributed by atoms with Crippen LogP contribution in [0.15, 0.2) is 0 Å². The maximum Gasteiger partial charge on any atom is 0.147 e. The lowest BCUT2D eigenvalue weighted by atomic mass is 9.66. The third kappa shape index (κ3) is 4.43. The van der Waals surface area contributed by atoms with E-state index < -0.39 is 9.84 Å². The molecule has 4 unspecified atom stereocenters. The van der Waals surface area contributed by atoms with Crippen molar-refractivity contribution in [2.45, 2.75) is 57.4 Å². The number of hydrogen-bond donors (Lipinski definition) is 2. The molecule has 2 aliphatic rings. The zero-order valence-corrected chi connectivity index (χ0v) is 12.8. The van der Waals surface area contributed by atoms with Gasteiger partial charge in [-0.1, -0.05) is 25.7 Å². The molecule has 4 atom stereocenters. The maximum absolute atomic E-state index is 11.3. The summed E-state index contributed by atoms with van der Waals surface area (Å²) in [6.45, 7) is 0. The molecule has 0 aromatic heterocycles. The summed E-state index contributed by atoms with van der Waals surface area (Å²) in [5.74, 6) is 8.25. The highest BCUT2D eigenvalue weighted by atomic mass is 32.2. The lowest BCUT2D eigenvalue weighted by Crippen LogP contribution is -2.45.